The largest absolute Gasteiger partial charge is 0.433 e. The van der Waals surface area contributed by atoms with Crippen molar-refractivity contribution < 1.29 is 39.2 Å². The second-order valence-electron chi connectivity index (χ2n) is 10.1. The molecule has 0 saturated carbocycles. The van der Waals surface area contributed by atoms with E-state index in [2.05, 4.69) is 20.9 Å². The zero-order valence-electron chi connectivity index (χ0n) is 24.7. The van der Waals surface area contributed by atoms with Crippen LogP contribution < -0.4 is 14.8 Å². The molecule has 48 heavy (non-hydrogen) atoms. The maximum atomic E-state index is 14.7. The van der Waals surface area contributed by atoms with Crippen molar-refractivity contribution in [1.29, 1.82) is 0 Å². The van der Waals surface area contributed by atoms with Gasteiger partial charge in [-0.15, -0.1) is 6.42 Å². The molecule has 16 heteroatoms. The van der Waals surface area contributed by atoms with Gasteiger partial charge in [0.2, 0.25) is 26.0 Å². The van der Waals surface area contributed by atoms with Gasteiger partial charge in [0.05, 0.1) is 34.3 Å². The van der Waals surface area contributed by atoms with Crippen LogP contribution in [0.15, 0.2) is 89.8 Å². The summed E-state index contributed by atoms with van der Waals surface area (Å²) in [6, 6.07) is 15.7. The number of rotatable bonds is 11. The Morgan fingerprint density at radius 1 is 1.02 bits per heavy atom. The summed E-state index contributed by atoms with van der Waals surface area (Å²) in [6.45, 7) is -0.268. The van der Waals surface area contributed by atoms with Gasteiger partial charge in [0.1, 0.15) is 16.4 Å². The smallest absolute Gasteiger partial charge is 0.348 e. The van der Waals surface area contributed by atoms with E-state index < -0.39 is 55.4 Å². The molecule has 1 atom stereocenters. The van der Waals surface area contributed by atoms with Crippen LogP contribution in [0.2, 0.25) is 5.02 Å². The van der Waals surface area contributed by atoms with Crippen LogP contribution >= 0.6 is 11.6 Å². The Kier molecular flexibility index (Phi) is 11.0. The number of hydrogen-bond donors (Lipinski definition) is 3. The third-order valence-electron chi connectivity index (χ3n) is 6.53. The molecule has 4 rings (SSSR count). The maximum Gasteiger partial charge on any atom is 0.433 e. The molecule has 0 spiro atoms. The Bertz CT molecular complexity index is 2140. The van der Waals surface area contributed by atoms with Gasteiger partial charge < -0.3 is 5.32 Å². The SMILES string of the molecule is C#Cc1cc(CNC(=O)C=Cc2ccc(C(F)(F)F)nc2C(NS(=O)(=O)c2ccccc2Cl)c2ccccc2)cc(F)c1NS(C)(=O)=O. The molecular weight excluding hydrogens is 696 g/mol. The molecule has 9 nitrogen and oxygen atoms in total. The fourth-order valence-corrected chi connectivity index (χ4v) is 6.69. The van der Waals surface area contributed by atoms with E-state index in [0.717, 1.165) is 30.5 Å². The minimum atomic E-state index is -4.89. The quantitative estimate of drug-likeness (QED) is 0.104. The summed E-state index contributed by atoms with van der Waals surface area (Å²) < 4.78 is 111. The average molecular weight is 721 g/mol. The zero-order chi connectivity index (χ0) is 35.3. The number of pyridine rings is 1. The summed E-state index contributed by atoms with van der Waals surface area (Å²) >= 11 is 6.12. The lowest BCUT2D eigenvalue weighted by atomic mass is 9.99. The van der Waals surface area contributed by atoms with Crippen molar-refractivity contribution in [3.8, 4) is 12.3 Å². The van der Waals surface area contributed by atoms with E-state index in [9.17, 15) is 39.2 Å². The predicted molar refractivity (Wildman–Crippen MR) is 173 cm³/mol. The van der Waals surface area contributed by atoms with E-state index in [1.54, 1.807) is 18.2 Å². The monoisotopic (exact) mass is 720 g/mol. The predicted octanol–water partition coefficient (Wildman–Crippen LogP) is 5.64. The van der Waals surface area contributed by atoms with Crippen molar-refractivity contribution in [2.75, 3.05) is 11.0 Å². The second-order valence-corrected chi connectivity index (χ2v) is 14.0. The minimum Gasteiger partial charge on any atom is -0.348 e. The third-order valence-corrected chi connectivity index (χ3v) is 9.02. The first-order chi connectivity index (χ1) is 22.5. The Hall–Kier alpha value is -4.75. The average Bonchev–Trinajstić information content (AvgIpc) is 3.02. The summed E-state index contributed by atoms with van der Waals surface area (Å²) in [5.41, 5.74) is -1.86. The number of carbonyl (C=O) groups excluding carboxylic acids is 1. The number of aromatic nitrogens is 1. The Morgan fingerprint density at radius 2 is 1.69 bits per heavy atom. The van der Waals surface area contributed by atoms with Crippen LogP contribution in [0, 0.1) is 18.2 Å². The first-order valence-electron chi connectivity index (χ1n) is 13.6. The van der Waals surface area contributed by atoms with Crippen LogP contribution in [0.1, 0.15) is 39.7 Å². The number of benzene rings is 3. The van der Waals surface area contributed by atoms with Crippen molar-refractivity contribution in [1.82, 2.24) is 15.0 Å². The van der Waals surface area contributed by atoms with Crippen molar-refractivity contribution in [3.63, 3.8) is 0 Å². The fraction of sp³-hybridized carbons (Fsp3) is 0.125. The van der Waals surface area contributed by atoms with Crippen LogP contribution in [0.25, 0.3) is 6.08 Å². The maximum absolute atomic E-state index is 14.7. The molecule has 0 aliphatic heterocycles. The lowest BCUT2D eigenvalue weighted by Gasteiger charge is -2.22. The summed E-state index contributed by atoms with van der Waals surface area (Å²) in [7, 11) is -8.28. The van der Waals surface area contributed by atoms with Crippen LogP contribution in [-0.4, -0.2) is 34.0 Å². The number of amides is 1. The molecule has 3 aromatic carbocycles. The molecule has 3 N–H and O–H groups in total. The van der Waals surface area contributed by atoms with E-state index in [0.29, 0.717) is 6.07 Å². The highest BCUT2D eigenvalue weighted by Gasteiger charge is 2.35. The number of halogens is 5. The molecule has 1 aromatic heterocycles. The standard InChI is InChI=1S/C32H25ClF4N4O5S2/c1-3-21-17-20(18-25(34)29(21)40-47(2,43)44)19-38-28(42)16-14-23-13-15-27(32(35,36)37)39-30(23)31(22-9-5-4-6-10-22)41-48(45,46)26-12-8-7-11-24(26)33/h1,4-18,31,40-41H,19H2,2H3,(H,38,42). The Labute approximate surface area is 279 Å². The first kappa shape index (κ1) is 36.1. The van der Waals surface area contributed by atoms with E-state index in [1.807, 2.05) is 4.72 Å². The number of nitrogens with one attached hydrogen (secondary N) is 3. The third kappa shape index (κ3) is 9.20. The highest BCUT2D eigenvalue weighted by molar-refractivity contribution is 7.92. The molecule has 0 bridgehead atoms. The van der Waals surface area contributed by atoms with Gasteiger partial charge in [0.15, 0.2) is 0 Å². The normalized spacial score (nSPS) is 12.8. The number of nitrogens with zero attached hydrogens (tertiary/aromatic N) is 1. The van der Waals surface area contributed by atoms with Gasteiger partial charge in [-0.3, -0.25) is 9.52 Å². The fourth-order valence-electron chi connectivity index (χ4n) is 4.41. The summed E-state index contributed by atoms with van der Waals surface area (Å²) in [5.74, 6) is 0.419. The van der Waals surface area contributed by atoms with E-state index >= 15 is 0 Å². The van der Waals surface area contributed by atoms with Crippen molar-refractivity contribution in [2.45, 2.75) is 23.7 Å². The molecule has 1 heterocycles. The molecule has 0 aliphatic rings. The molecule has 1 amide bonds. The van der Waals surface area contributed by atoms with Gasteiger partial charge in [0.25, 0.3) is 0 Å². The number of anilines is 1. The van der Waals surface area contributed by atoms with Gasteiger partial charge in [-0.1, -0.05) is 66.1 Å². The molecule has 0 aliphatic carbocycles. The Balaban J connectivity index is 1.69. The summed E-state index contributed by atoms with van der Waals surface area (Å²) in [6.07, 6.45) is 3.44. The van der Waals surface area contributed by atoms with E-state index in [1.165, 1.54) is 42.5 Å². The lowest BCUT2D eigenvalue weighted by Crippen LogP contribution is -2.31. The molecule has 4 aromatic rings. The summed E-state index contributed by atoms with van der Waals surface area (Å²) in [4.78, 5) is 16.2. The van der Waals surface area contributed by atoms with E-state index in [-0.39, 0.29) is 44.4 Å². The highest BCUT2D eigenvalue weighted by Crippen LogP contribution is 2.33. The van der Waals surface area contributed by atoms with Gasteiger partial charge in [-0.2, -0.15) is 17.9 Å². The second kappa shape index (κ2) is 14.6. The number of hydrogen-bond acceptors (Lipinski definition) is 6. The number of alkyl halides is 3. The topological polar surface area (TPSA) is 134 Å². The molecule has 1 unspecified atom stereocenters. The molecule has 0 fully saturated rings. The van der Waals surface area contributed by atoms with Crippen LogP contribution in [0.3, 0.4) is 0 Å². The molecule has 0 radical (unpaired) electrons. The highest BCUT2D eigenvalue weighted by atomic mass is 35.5. The van der Waals surface area contributed by atoms with Gasteiger partial charge in [-0.25, -0.2) is 26.2 Å². The van der Waals surface area contributed by atoms with Gasteiger partial charge in [0, 0.05) is 12.6 Å². The van der Waals surface area contributed by atoms with Crippen LogP contribution in [0.4, 0.5) is 23.2 Å². The Morgan fingerprint density at radius 3 is 2.31 bits per heavy atom. The molecular formula is C32H25ClF4N4O5S2. The van der Waals surface area contributed by atoms with Crippen LogP contribution in [0.5, 0.6) is 0 Å². The zero-order valence-corrected chi connectivity index (χ0v) is 27.1. The summed E-state index contributed by atoms with van der Waals surface area (Å²) in [5, 5.41) is 2.35. The van der Waals surface area contributed by atoms with Crippen molar-refractivity contribution in [3.05, 3.63) is 129 Å². The van der Waals surface area contributed by atoms with Gasteiger partial charge >= 0.3 is 6.18 Å². The number of carbonyl (C=O) groups is 1. The van der Waals surface area contributed by atoms with Gasteiger partial charge in [-0.05, 0) is 53.1 Å². The first-order valence-corrected chi connectivity index (χ1v) is 17.4. The lowest BCUT2D eigenvalue weighted by molar-refractivity contribution is -0.141. The number of sulfonamides is 2. The minimum absolute atomic E-state index is 0.0364. The van der Waals surface area contributed by atoms with Crippen molar-refractivity contribution >= 4 is 49.3 Å². The van der Waals surface area contributed by atoms with Crippen molar-refractivity contribution in [2.24, 2.45) is 0 Å². The number of terminal acetylenes is 1. The van der Waals surface area contributed by atoms with Crippen LogP contribution in [-0.2, 0) is 37.6 Å². The molecule has 0 saturated heterocycles. The molecule has 250 valence electrons. The van der Waals surface area contributed by atoms with E-state index in [4.69, 9.17) is 18.0 Å².